The molecule has 0 aromatic carbocycles. The Morgan fingerprint density at radius 2 is 2.08 bits per heavy atom. The zero-order valence-electron chi connectivity index (χ0n) is 13.3. The van der Waals surface area contributed by atoms with Gasteiger partial charge >= 0.3 is 0 Å². The highest BCUT2D eigenvalue weighted by molar-refractivity contribution is 7.86. The van der Waals surface area contributed by atoms with Gasteiger partial charge in [0.05, 0.1) is 17.9 Å². The van der Waals surface area contributed by atoms with Crippen LogP contribution in [0, 0.1) is 0 Å². The molecule has 4 rings (SSSR count). The number of H-pyrrole nitrogens is 1. The number of hydrogen-bond acceptors (Lipinski definition) is 5. The molecule has 0 radical (unpaired) electrons. The summed E-state index contributed by atoms with van der Waals surface area (Å²) >= 11 is 0. The van der Waals surface area contributed by atoms with E-state index in [0.29, 0.717) is 13.1 Å². The first-order valence-corrected chi connectivity index (χ1v) is 8.87. The summed E-state index contributed by atoms with van der Waals surface area (Å²) in [5, 5.41) is 5.31. The van der Waals surface area contributed by atoms with Gasteiger partial charge in [0.2, 0.25) is 0 Å². The van der Waals surface area contributed by atoms with Gasteiger partial charge in [-0.25, -0.2) is 9.97 Å². The second kappa shape index (κ2) is 5.36. The molecule has 1 aliphatic heterocycles. The summed E-state index contributed by atoms with van der Waals surface area (Å²) in [5.74, 6) is 0. The number of aromatic nitrogens is 5. The molecule has 0 spiro atoms. The van der Waals surface area contributed by atoms with Crippen molar-refractivity contribution in [3.63, 3.8) is 0 Å². The second-order valence-electron chi connectivity index (χ2n) is 5.93. The Morgan fingerprint density at radius 3 is 2.83 bits per heavy atom. The molecule has 0 bridgehead atoms. The lowest BCUT2D eigenvalue weighted by molar-refractivity contribution is 0.182. The van der Waals surface area contributed by atoms with E-state index in [0.717, 1.165) is 22.3 Å². The molecular formula is C14H17N7O2S. The Hall–Kier alpha value is -2.30. The van der Waals surface area contributed by atoms with Crippen molar-refractivity contribution < 1.29 is 8.42 Å². The Morgan fingerprint density at radius 1 is 1.29 bits per heavy atom. The SMILES string of the molecule is CN(C)S(=O)(=O)N1CC(n2cc(-c3ncnc4[nH]ccc34)cn2)C1. The third kappa shape index (κ3) is 2.30. The van der Waals surface area contributed by atoms with E-state index in [1.807, 2.05) is 18.5 Å². The van der Waals surface area contributed by atoms with E-state index < -0.39 is 10.2 Å². The third-order valence-electron chi connectivity index (χ3n) is 4.22. The molecule has 0 unspecified atom stereocenters. The van der Waals surface area contributed by atoms with Gasteiger partial charge in [0.25, 0.3) is 10.2 Å². The summed E-state index contributed by atoms with van der Waals surface area (Å²) in [7, 11) is -0.280. The zero-order valence-corrected chi connectivity index (χ0v) is 14.1. The number of rotatable bonds is 4. The first kappa shape index (κ1) is 15.2. The standard InChI is InChI=1S/C14H17N7O2S/c1-19(2)24(22,23)20-7-11(8-20)21-6-10(5-18-21)13-12-3-4-15-14(12)17-9-16-13/h3-6,9,11H,7-8H2,1-2H3,(H,15,16,17). The molecule has 4 heterocycles. The van der Waals surface area contributed by atoms with Crippen LogP contribution in [0.3, 0.4) is 0 Å². The molecule has 0 aliphatic carbocycles. The average Bonchev–Trinajstić information content (AvgIpc) is 3.13. The van der Waals surface area contributed by atoms with E-state index in [4.69, 9.17) is 0 Å². The fourth-order valence-electron chi connectivity index (χ4n) is 2.77. The Balaban J connectivity index is 1.56. The summed E-state index contributed by atoms with van der Waals surface area (Å²) < 4.78 is 28.5. The predicted molar refractivity (Wildman–Crippen MR) is 88.3 cm³/mol. The van der Waals surface area contributed by atoms with Crippen molar-refractivity contribution in [2.75, 3.05) is 27.2 Å². The smallest absolute Gasteiger partial charge is 0.281 e. The van der Waals surface area contributed by atoms with Crippen LogP contribution in [-0.4, -0.2) is 68.9 Å². The predicted octanol–water partition coefficient (Wildman–Crippen LogP) is 0.484. The minimum atomic E-state index is -3.35. The van der Waals surface area contributed by atoms with E-state index in [1.165, 1.54) is 29.0 Å². The molecule has 1 saturated heterocycles. The molecule has 3 aromatic heterocycles. The van der Waals surface area contributed by atoms with Crippen LogP contribution >= 0.6 is 0 Å². The lowest BCUT2D eigenvalue weighted by Gasteiger charge is -2.39. The van der Waals surface area contributed by atoms with Crippen molar-refractivity contribution in [1.29, 1.82) is 0 Å². The molecule has 0 saturated carbocycles. The Kier molecular flexibility index (Phi) is 3.41. The number of aromatic amines is 1. The van der Waals surface area contributed by atoms with Crippen LogP contribution in [-0.2, 0) is 10.2 Å². The molecule has 9 nitrogen and oxygen atoms in total. The monoisotopic (exact) mass is 347 g/mol. The Labute approximate surface area is 139 Å². The van der Waals surface area contributed by atoms with E-state index in [2.05, 4.69) is 20.1 Å². The van der Waals surface area contributed by atoms with Gasteiger partial charge in [0, 0.05) is 50.5 Å². The molecule has 10 heteroatoms. The largest absolute Gasteiger partial charge is 0.346 e. The van der Waals surface area contributed by atoms with E-state index in [9.17, 15) is 8.42 Å². The van der Waals surface area contributed by atoms with Gasteiger partial charge in [-0.2, -0.15) is 22.1 Å². The average molecular weight is 347 g/mol. The maximum Gasteiger partial charge on any atom is 0.281 e. The summed E-state index contributed by atoms with van der Waals surface area (Å²) in [4.78, 5) is 11.6. The minimum absolute atomic E-state index is 0.0389. The van der Waals surface area contributed by atoms with Crippen molar-refractivity contribution in [2.24, 2.45) is 0 Å². The number of hydrogen-bond donors (Lipinski definition) is 1. The van der Waals surface area contributed by atoms with E-state index in [-0.39, 0.29) is 6.04 Å². The van der Waals surface area contributed by atoms with Crippen LogP contribution in [0.5, 0.6) is 0 Å². The molecule has 24 heavy (non-hydrogen) atoms. The van der Waals surface area contributed by atoms with Crippen LogP contribution in [0.1, 0.15) is 6.04 Å². The number of nitrogens with zero attached hydrogens (tertiary/aromatic N) is 6. The highest BCUT2D eigenvalue weighted by atomic mass is 32.2. The lowest BCUT2D eigenvalue weighted by Crippen LogP contribution is -2.54. The Bertz CT molecular complexity index is 985. The van der Waals surface area contributed by atoms with Gasteiger partial charge in [0.1, 0.15) is 12.0 Å². The van der Waals surface area contributed by atoms with Crippen LogP contribution in [0.2, 0.25) is 0 Å². The summed E-state index contributed by atoms with van der Waals surface area (Å²) in [6.07, 6.45) is 6.99. The first-order chi connectivity index (χ1) is 11.5. The van der Waals surface area contributed by atoms with Gasteiger partial charge < -0.3 is 4.98 Å². The zero-order chi connectivity index (χ0) is 16.9. The van der Waals surface area contributed by atoms with E-state index >= 15 is 0 Å². The third-order valence-corrected chi connectivity index (χ3v) is 6.09. The van der Waals surface area contributed by atoms with Crippen LogP contribution in [0.25, 0.3) is 22.3 Å². The summed E-state index contributed by atoms with van der Waals surface area (Å²) in [6, 6.07) is 1.97. The minimum Gasteiger partial charge on any atom is -0.346 e. The van der Waals surface area contributed by atoms with Crippen LogP contribution in [0.4, 0.5) is 0 Å². The normalized spacial score (nSPS) is 16.8. The van der Waals surface area contributed by atoms with Gasteiger partial charge in [-0.1, -0.05) is 0 Å². The first-order valence-electron chi connectivity index (χ1n) is 7.47. The van der Waals surface area contributed by atoms with Crippen molar-refractivity contribution >= 4 is 21.2 Å². The topological polar surface area (TPSA) is 100 Å². The molecule has 1 N–H and O–H groups in total. The highest BCUT2D eigenvalue weighted by Gasteiger charge is 2.38. The second-order valence-corrected chi connectivity index (χ2v) is 8.07. The summed E-state index contributed by atoms with van der Waals surface area (Å²) in [6.45, 7) is 0.843. The number of nitrogens with one attached hydrogen (secondary N) is 1. The van der Waals surface area contributed by atoms with Crippen molar-refractivity contribution in [3.8, 4) is 11.3 Å². The molecule has 1 aliphatic rings. The quantitative estimate of drug-likeness (QED) is 0.740. The number of fused-ring (bicyclic) bond motifs is 1. The van der Waals surface area contributed by atoms with Crippen molar-refractivity contribution in [1.82, 2.24) is 33.3 Å². The molecule has 3 aromatic rings. The van der Waals surface area contributed by atoms with Crippen molar-refractivity contribution in [2.45, 2.75) is 6.04 Å². The van der Waals surface area contributed by atoms with Gasteiger partial charge in [-0.05, 0) is 6.07 Å². The molecule has 1 fully saturated rings. The maximum absolute atomic E-state index is 12.0. The summed E-state index contributed by atoms with van der Waals surface area (Å²) in [5.41, 5.74) is 2.47. The lowest BCUT2D eigenvalue weighted by atomic mass is 10.1. The van der Waals surface area contributed by atoms with E-state index in [1.54, 1.807) is 10.9 Å². The molecule has 0 atom stereocenters. The fraction of sp³-hybridized carbons (Fsp3) is 0.357. The van der Waals surface area contributed by atoms with Gasteiger partial charge in [-0.3, -0.25) is 4.68 Å². The highest BCUT2D eigenvalue weighted by Crippen LogP contribution is 2.28. The van der Waals surface area contributed by atoms with Crippen LogP contribution in [0.15, 0.2) is 31.0 Å². The molecule has 0 amide bonds. The van der Waals surface area contributed by atoms with Gasteiger partial charge in [-0.15, -0.1) is 0 Å². The maximum atomic E-state index is 12.0. The molecule has 126 valence electrons. The van der Waals surface area contributed by atoms with Crippen molar-refractivity contribution in [3.05, 3.63) is 31.0 Å². The van der Waals surface area contributed by atoms with Gasteiger partial charge in [0.15, 0.2) is 0 Å². The molecular weight excluding hydrogens is 330 g/mol. The fourth-order valence-corrected chi connectivity index (χ4v) is 3.95. The van der Waals surface area contributed by atoms with Crippen LogP contribution < -0.4 is 0 Å².